The highest BCUT2D eigenvalue weighted by atomic mass is 32.2. The second kappa shape index (κ2) is 19.9. The third-order valence-electron chi connectivity index (χ3n) is 11.6. The van der Waals surface area contributed by atoms with Crippen LogP contribution in [-0.2, 0) is 42.4 Å². The lowest BCUT2D eigenvalue weighted by Crippen LogP contribution is -2.44. The molecule has 4 fully saturated rings. The zero-order chi connectivity index (χ0) is 47.4. The van der Waals surface area contributed by atoms with E-state index in [-0.39, 0.29) is 52.5 Å². The Morgan fingerprint density at radius 3 is 1.37 bits per heavy atom. The molecule has 0 atom stereocenters. The quantitative estimate of drug-likeness (QED) is 0.237. The van der Waals surface area contributed by atoms with Crippen molar-refractivity contribution in [2.75, 3.05) is 32.4 Å². The van der Waals surface area contributed by atoms with Crippen LogP contribution in [0.4, 0.5) is 9.59 Å². The van der Waals surface area contributed by atoms with Crippen LogP contribution in [0.5, 0.6) is 11.5 Å². The summed E-state index contributed by atoms with van der Waals surface area (Å²) in [7, 11) is -4.24. The lowest BCUT2D eigenvalue weighted by atomic mass is 9.79. The van der Waals surface area contributed by atoms with Crippen LogP contribution in [0.25, 0.3) is 0 Å². The number of likely N-dealkylation sites (tertiary alicyclic amines) is 2. The smallest absolute Gasteiger partial charge is 0.494 e. The Balaban J connectivity index is 0.000000221. The summed E-state index contributed by atoms with van der Waals surface area (Å²) in [4.78, 5) is 27.3. The molecule has 15 nitrogen and oxygen atoms in total. The maximum atomic E-state index is 12.2. The minimum absolute atomic E-state index is 0.0715. The van der Waals surface area contributed by atoms with Crippen molar-refractivity contribution < 1.29 is 60.1 Å². The fourth-order valence-electron chi connectivity index (χ4n) is 6.75. The number of phenols is 1. The van der Waals surface area contributed by atoms with Gasteiger partial charge in [-0.1, -0.05) is 24.3 Å². The number of ether oxygens (including phenoxy) is 3. The third kappa shape index (κ3) is 15.6. The standard InChI is InChI=1S/C22H34BNO5.C12H17BO3.C11H21NO5S/c1-20(2,3)27-19(25)24-13-11-17(12-14-24)26-18-10-8-9-16(15-18)23-28-21(4,5)22(6,7)29-23;1-11(2)12(3,4)16-13(15-11)9-6-5-7-10(14)8-9;1-11(2,3)16-10(13)12-7-5-9(6-8-12)17-18(4,14)15/h8-10,15,17H,11-14H2,1-7H3;5-8,14H,1-4H3;9H,5-8H2,1-4H3. The zero-order valence-electron chi connectivity index (χ0n) is 40.2. The van der Waals surface area contributed by atoms with Crippen molar-refractivity contribution in [3.05, 3.63) is 48.5 Å². The van der Waals surface area contributed by atoms with Crippen LogP contribution in [0.15, 0.2) is 48.5 Å². The highest BCUT2D eigenvalue weighted by Crippen LogP contribution is 2.38. The number of carbonyl (C=O) groups excluding carboxylic acids is 2. The number of phenolic OH excluding ortho intramolecular Hbond substituents is 1. The number of carbonyl (C=O) groups is 2. The van der Waals surface area contributed by atoms with Crippen molar-refractivity contribution in [3.8, 4) is 11.5 Å². The largest absolute Gasteiger partial charge is 0.508 e. The average Bonchev–Trinajstić information content (AvgIpc) is 3.50. The maximum absolute atomic E-state index is 12.2. The summed E-state index contributed by atoms with van der Waals surface area (Å²) in [5, 5.41) is 9.42. The van der Waals surface area contributed by atoms with Gasteiger partial charge in [-0.15, -0.1) is 0 Å². The molecular formula is C45H72B2N2O13S. The van der Waals surface area contributed by atoms with E-state index in [1.165, 1.54) is 0 Å². The molecular weight excluding hydrogens is 830 g/mol. The van der Waals surface area contributed by atoms with Gasteiger partial charge in [-0.25, -0.2) is 9.59 Å². The van der Waals surface area contributed by atoms with E-state index in [9.17, 15) is 23.1 Å². The summed E-state index contributed by atoms with van der Waals surface area (Å²) in [6.07, 6.45) is 2.73. The number of hydrogen-bond acceptors (Lipinski definition) is 13. The molecule has 18 heteroatoms. The molecule has 0 radical (unpaired) electrons. The van der Waals surface area contributed by atoms with Gasteiger partial charge in [0.25, 0.3) is 10.1 Å². The van der Waals surface area contributed by atoms with E-state index in [0.717, 1.165) is 35.8 Å². The molecule has 0 aromatic heterocycles. The van der Waals surface area contributed by atoms with Crippen LogP contribution >= 0.6 is 0 Å². The molecule has 4 aliphatic heterocycles. The highest BCUT2D eigenvalue weighted by molar-refractivity contribution is 7.86. The first-order chi connectivity index (χ1) is 28.7. The van der Waals surface area contributed by atoms with Gasteiger partial charge >= 0.3 is 26.4 Å². The molecule has 2 amide bonds. The second-order valence-electron chi connectivity index (χ2n) is 20.6. The summed E-state index contributed by atoms with van der Waals surface area (Å²) < 4.78 is 67.8. The lowest BCUT2D eigenvalue weighted by Gasteiger charge is -2.33. The van der Waals surface area contributed by atoms with E-state index in [0.29, 0.717) is 39.0 Å². The number of piperidine rings is 2. The first-order valence-electron chi connectivity index (χ1n) is 21.9. The Labute approximate surface area is 377 Å². The number of benzene rings is 2. The Morgan fingerprint density at radius 1 is 0.635 bits per heavy atom. The van der Waals surface area contributed by atoms with E-state index < -0.39 is 35.6 Å². The summed E-state index contributed by atoms with van der Waals surface area (Å²) in [5.74, 6) is 1.03. The van der Waals surface area contributed by atoms with Crippen LogP contribution in [0.1, 0.15) is 123 Å². The van der Waals surface area contributed by atoms with Crippen molar-refractivity contribution in [2.24, 2.45) is 0 Å². The van der Waals surface area contributed by atoms with Crippen molar-refractivity contribution in [1.82, 2.24) is 9.80 Å². The fourth-order valence-corrected chi connectivity index (χ4v) is 7.43. The minimum atomic E-state index is -3.42. The van der Waals surface area contributed by atoms with E-state index in [1.54, 1.807) is 28.0 Å². The summed E-state index contributed by atoms with van der Waals surface area (Å²) >= 11 is 0. The van der Waals surface area contributed by atoms with Gasteiger partial charge in [-0.3, -0.25) is 4.18 Å². The van der Waals surface area contributed by atoms with Gasteiger partial charge < -0.3 is 47.7 Å². The van der Waals surface area contributed by atoms with Gasteiger partial charge in [-0.2, -0.15) is 8.42 Å². The first kappa shape index (κ1) is 52.1. The Hall–Kier alpha value is -3.54. The second-order valence-corrected chi connectivity index (χ2v) is 22.2. The number of aromatic hydroxyl groups is 1. The Morgan fingerprint density at radius 2 is 1.00 bits per heavy atom. The SMILES string of the molecule is CC(C)(C)OC(=O)N1CCC(OS(C)(=O)=O)CC1.CC(C)(C)OC(=O)N1CCC(Oc2cccc(B3OC(C)(C)C(C)(C)O3)c2)CC1.CC1(C)OB(c2cccc(O)c2)OC1(C)C. The maximum Gasteiger partial charge on any atom is 0.494 e. The van der Waals surface area contributed by atoms with Crippen LogP contribution < -0.4 is 15.7 Å². The van der Waals surface area contributed by atoms with Gasteiger partial charge in [0.15, 0.2) is 0 Å². The monoisotopic (exact) mass is 902 g/mol. The van der Waals surface area contributed by atoms with Crippen LogP contribution in [-0.4, -0.2) is 128 Å². The summed E-state index contributed by atoms with van der Waals surface area (Å²) in [6, 6.07) is 14.9. The molecule has 0 saturated carbocycles. The molecule has 0 spiro atoms. The summed E-state index contributed by atoms with van der Waals surface area (Å²) in [5.41, 5.74) is -0.626. The van der Waals surface area contributed by atoms with Gasteiger partial charge in [0.1, 0.15) is 28.8 Å². The molecule has 352 valence electrons. The number of hydrogen-bond donors (Lipinski definition) is 1. The van der Waals surface area contributed by atoms with Crippen LogP contribution in [0.3, 0.4) is 0 Å². The average molecular weight is 903 g/mol. The molecule has 0 bridgehead atoms. The Kier molecular flexibility index (Phi) is 16.5. The van der Waals surface area contributed by atoms with Gasteiger partial charge in [0.05, 0.1) is 34.8 Å². The predicted octanol–water partition coefficient (Wildman–Crippen LogP) is 6.82. The summed E-state index contributed by atoms with van der Waals surface area (Å²) in [6.45, 7) is 29.5. The van der Waals surface area contributed by atoms with Gasteiger partial charge in [-0.05, 0) is 145 Å². The number of amides is 2. The number of nitrogens with zero attached hydrogens (tertiary/aromatic N) is 2. The molecule has 1 N–H and O–H groups in total. The van der Waals surface area contributed by atoms with E-state index >= 15 is 0 Å². The van der Waals surface area contributed by atoms with E-state index in [4.69, 9.17) is 37.0 Å². The van der Waals surface area contributed by atoms with Crippen molar-refractivity contribution in [1.29, 1.82) is 0 Å². The van der Waals surface area contributed by atoms with Gasteiger partial charge in [0.2, 0.25) is 0 Å². The molecule has 4 saturated heterocycles. The molecule has 2 aromatic rings. The molecule has 0 aliphatic carbocycles. The third-order valence-corrected chi connectivity index (χ3v) is 12.2. The zero-order valence-corrected chi connectivity index (χ0v) is 41.1. The molecule has 63 heavy (non-hydrogen) atoms. The van der Waals surface area contributed by atoms with E-state index in [2.05, 4.69) is 0 Å². The molecule has 4 heterocycles. The van der Waals surface area contributed by atoms with Gasteiger partial charge in [0, 0.05) is 39.0 Å². The normalized spacial score (nSPS) is 21.1. The molecule has 2 aromatic carbocycles. The van der Waals surface area contributed by atoms with Crippen molar-refractivity contribution in [3.63, 3.8) is 0 Å². The molecule has 0 unspecified atom stereocenters. The minimum Gasteiger partial charge on any atom is -0.508 e. The first-order valence-corrected chi connectivity index (χ1v) is 23.7. The van der Waals surface area contributed by atoms with Crippen LogP contribution in [0, 0.1) is 0 Å². The topological polar surface area (TPSA) is 169 Å². The lowest BCUT2D eigenvalue weighted by molar-refractivity contribution is 0.00578. The highest BCUT2D eigenvalue weighted by Gasteiger charge is 2.53. The van der Waals surface area contributed by atoms with Crippen LogP contribution in [0.2, 0.25) is 0 Å². The van der Waals surface area contributed by atoms with Crippen molar-refractivity contribution in [2.45, 2.75) is 168 Å². The van der Waals surface area contributed by atoms with E-state index in [1.807, 2.05) is 127 Å². The fraction of sp³-hybridized carbons (Fsp3) is 0.689. The molecule has 4 aliphatic rings. The number of rotatable bonds is 6. The molecule has 6 rings (SSSR count). The predicted molar refractivity (Wildman–Crippen MR) is 244 cm³/mol. The Bertz CT molecular complexity index is 1930. The van der Waals surface area contributed by atoms with Crippen molar-refractivity contribution >= 4 is 47.5 Å².